The Kier molecular flexibility index (Phi) is 7.97. The summed E-state index contributed by atoms with van der Waals surface area (Å²) in [4.78, 5) is 6.83. The SMILES string of the molecule is CN(CCc1cnc(C(O)(c2ccccc2)C2CCCCC2)o1)Cc1cccc(CCO)c1. The van der Waals surface area contributed by atoms with E-state index in [2.05, 4.69) is 35.1 Å². The molecule has 1 saturated carbocycles. The van der Waals surface area contributed by atoms with Crippen LogP contribution < -0.4 is 0 Å². The van der Waals surface area contributed by atoms with Crippen molar-refractivity contribution in [2.75, 3.05) is 20.2 Å². The maximum Gasteiger partial charge on any atom is 0.231 e. The molecule has 5 heteroatoms. The van der Waals surface area contributed by atoms with Crippen LogP contribution in [0.1, 0.15) is 60.4 Å². The number of hydrogen-bond donors (Lipinski definition) is 2. The lowest BCUT2D eigenvalue weighted by Gasteiger charge is -2.36. The van der Waals surface area contributed by atoms with Crippen molar-refractivity contribution >= 4 is 0 Å². The van der Waals surface area contributed by atoms with Crippen molar-refractivity contribution in [2.45, 2.75) is 57.1 Å². The lowest BCUT2D eigenvalue weighted by molar-refractivity contribution is -0.0239. The first-order valence-electron chi connectivity index (χ1n) is 12.2. The molecule has 2 aromatic carbocycles. The van der Waals surface area contributed by atoms with Gasteiger partial charge < -0.3 is 19.5 Å². The zero-order valence-corrected chi connectivity index (χ0v) is 19.6. The summed E-state index contributed by atoms with van der Waals surface area (Å²) in [6.45, 7) is 1.83. The van der Waals surface area contributed by atoms with E-state index in [0.29, 0.717) is 12.3 Å². The molecule has 0 bridgehead atoms. The average Bonchev–Trinajstić information content (AvgIpc) is 3.33. The second-order valence-corrected chi connectivity index (χ2v) is 9.38. The van der Waals surface area contributed by atoms with Gasteiger partial charge in [-0.2, -0.15) is 0 Å². The maximum atomic E-state index is 11.9. The van der Waals surface area contributed by atoms with Crippen LogP contribution in [-0.4, -0.2) is 40.3 Å². The largest absolute Gasteiger partial charge is 0.442 e. The molecular weight excluding hydrogens is 412 g/mol. The van der Waals surface area contributed by atoms with E-state index < -0.39 is 5.60 Å². The summed E-state index contributed by atoms with van der Waals surface area (Å²) in [5.41, 5.74) is 2.08. The molecule has 1 aromatic heterocycles. The summed E-state index contributed by atoms with van der Waals surface area (Å²) < 4.78 is 6.19. The van der Waals surface area contributed by atoms with Crippen LogP contribution in [0.4, 0.5) is 0 Å². The Morgan fingerprint density at radius 3 is 2.52 bits per heavy atom. The lowest BCUT2D eigenvalue weighted by Crippen LogP contribution is -2.38. The van der Waals surface area contributed by atoms with E-state index in [1.54, 1.807) is 6.20 Å². The molecule has 1 heterocycles. The third kappa shape index (κ3) is 5.72. The van der Waals surface area contributed by atoms with Crippen LogP contribution in [0, 0.1) is 5.92 Å². The number of oxazole rings is 1. The molecule has 0 amide bonds. The van der Waals surface area contributed by atoms with E-state index in [0.717, 1.165) is 62.1 Å². The zero-order chi connectivity index (χ0) is 23.1. The molecule has 1 fully saturated rings. The van der Waals surface area contributed by atoms with Gasteiger partial charge >= 0.3 is 0 Å². The minimum atomic E-state index is -1.18. The fraction of sp³-hybridized carbons (Fsp3) is 0.464. The fourth-order valence-corrected chi connectivity index (χ4v) is 5.05. The van der Waals surface area contributed by atoms with Crippen molar-refractivity contribution in [2.24, 2.45) is 5.92 Å². The third-order valence-electron chi connectivity index (χ3n) is 6.87. The molecule has 1 unspecified atom stereocenters. The summed E-state index contributed by atoms with van der Waals surface area (Å²) in [6.07, 6.45) is 8.67. The molecule has 0 spiro atoms. The van der Waals surface area contributed by atoms with E-state index in [9.17, 15) is 10.2 Å². The Balaban J connectivity index is 1.44. The molecule has 176 valence electrons. The van der Waals surface area contributed by atoms with Crippen LogP contribution in [-0.2, 0) is 25.0 Å². The van der Waals surface area contributed by atoms with E-state index in [1.165, 1.54) is 12.0 Å². The van der Waals surface area contributed by atoms with Gasteiger partial charge in [-0.15, -0.1) is 0 Å². The Hall–Kier alpha value is -2.47. The molecule has 1 atom stereocenters. The van der Waals surface area contributed by atoms with Gasteiger partial charge in [0, 0.05) is 32.0 Å². The molecule has 33 heavy (non-hydrogen) atoms. The molecular formula is C28H36N2O3. The van der Waals surface area contributed by atoms with E-state index in [4.69, 9.17) is 4.42 Å². The monoisotopic (exact) mass is 448 g/mol. The highest BCUT2D eigenvalue weighted by Crippen LogP contribution is 2.43. The molecule has 1 aliphatic carbocycles. The van der Waals surface area contributed by atoms with Crippen molar-refractivity contribution in [1.29, 1.82) is 0 Å². The molecule has 0 saturated heterocycles. The minimum absolute atomic E-state index is 0.119. The number of nitrogens with zero attached hydrogens (tertiary/aromatic N) is 2. The van der Waals surface area contributed by atoms with Gasteiger partial charge in [0.2, 0.25) is 5.89 Å². The number of aliphatic hydroxyl groups is 2. The topological polar surface area (TPSA) is 69.7 Å². The van der Waals surface area contributed by atoms with Crippen molar-refractivity contribution < 1.29 is 14.6 Å². The number of aromatic nitrogens is 1. The number of likely N-dealkylation sites (N-methyl/N-ethyl adjacent to an activating group) is 1. The number of hydrogen-bond acceptors (Lipinski definition) is 5. The predicted octanol–water partition coefficient (Wildman–Crippen LogP) is 4.70. The summed E-state index contributed by atoms with van der Waals surface area (Å²) in [6, 6.07) is 18.3. The number of aliphatic hydroxyl groups excluding tert-OH is 1. The Bertz CT molecular complexity index is 997. The van der Waals surface area contributed by atoms with Gasteiger partial charge in [0.05, 0.1) is 6.20 Å². The highest BCUT2D eigenvalue weighted by molar-refractivity contribution is 5.30. The zero-order valence-electron chi connectivity index (χ0n) is 19.6. The highest BCUT2D eigenvalue weighted by Gasteiger charge is 2.44. The molecule has 0 aliphatic heterocycles. The second kappa shape index (κ2) is 11.1. The summed E-state index contributed by atoms with van der Waals surface area (Å²) in [5.74, 6) is 1.35. The quantitative estimate of drug-likeness (QED) is 0.470. The number of rotatable bonds is 10. The fourth-order valence-electron chi connectivity index (χ4n) is 5.05. The van der Waals surface area contributed by atoms with Crippen molar-refractivity contribution in [1.82, 2.24) is 9.88 Å². The first kappa shape index (κ1) is 23.7. The normalized spacial score (nSPS) is 16.7. The van der Waals surface area contributed by atoms with Gasteiger partial charge in [-0.1, -0.05) is 73.9 Å². The molecule has 5 nitrogen and oxygen atoms in total. The Morgan fingerprint density at radius 1 is 1.00 bits per heavy atom. The van der Waals surface area contributed by atoms with Gasteiger partial charge in [-0.3, -0.25) is 0 Å². The van der Waals surface area contributed by atoms with Crippen LogP contribution in [0.2, 0.25) is 0 Å². The Morgan fingerprint density at radius 2 is 1.76 bits per heavy atom. The van der Waals surface area contributed by atoms with Crippen molar-refractivity contribution in [3.8, 4) is 0 Å². The van der Waals surface area contributed by atoms with Crippen molar-refractivity contribution in [3.05, 3.63) is 89.1 Å². The smallest absolute Gasteiger partial charge is 0.231 e. The molecule has 4 rings (SSSR count). The second-order valence-electron chi connectivity index (χ2n) is 9.38. The number of benzene rings is 2. The lowest BCUT2D eigenvalue weighted by atomic mass is 9.73. The predicted molar refractivity (Wildman–Crippen MR) is 130 cm³/mol. The first-order chi connectivity index (χ1) is 16.1. The highest BCUT2D eigenvalue weighted by atomic mass is 16.4. The Labute approximate surface area is 197 Å². The molecule has 1 aliphatic rings. The summed E-state index contributed by atoms with van der Waals surface area (Å²) in [7, 11) is 2.10. The van der Waals surface area contributed by atoms with Gasteiger partial charge in [0.25, 0.3) is 0 Å². The van der Waals surface area contributed by atoms with Gasteiger partial charge in [-0.25, -0.2) is 4.98 Å². The van der Waals surface area contributed by atoms with E-state index >= 15 is 0 Å². The van der Waals surface area contributed by atoms with E-state index in [1.807, 2.05) is 36.4 Å². The third-order valence-corrected chi connectivity index (χ3v) is 6.87. The van der Waals surface area contributed by atoms with Crippen LogP contribution >= 0.6 is 0 Å². The molecule has 2 N–H and O–H groups in total. The first-order valence-corrected chi connectivity index (χ1v) is 12.2. The summed E-state index contributed by atoms with van der Waals surface area (Å²) >= 11 is 0. The standard InChI is InChI=1S/C28H36N2O3/c1-30(21-23-10-8-9-22(19-23)16-18-31)17-15-26-20-29-27(33-26)28(32,24-11-4-2-5-12-24)25-13-6-3-7-14-25/h2,4-5,8-12,19-20,25,31-32H,3,6-7,13-18,21H2,1H3. The maximum absolute atomic E-state index is 11.9. The molecule has 0 radical (unpaired) electrons. The van der Waals surface area contributed by atoms with E-state index in [-0.39, 0.29) is 12.5 Å². The van der Waals surface area contributed by atoms with Gasteiger partial charge in [-0.05, 0) is 43.0 Å². The van der Waals surface area contributed by atoms with Crippen LogP contribution in [0.3, 0.4) is 0 Å². The summed E-state index contributed by atoms with van der Waals surface area (Å²) in [5, 5.41) is 21.1. The van der Waals surface area contributed by atoms with Gasteiger partial charge in [0.15, 0.2) is 5.60 Å². The van der Waals surface area contributed by atoms with Crippen molar-refractivity contribution in [3.63, 3.8) is 0 Å². The van der Waals surface area contributed by atoms with Crippen LogP contribution in [0.15, 0.2) is 65.2 Å². The van der Waals surface area contributed by atoms with Gasteiger partial charge in [0.1, 0.15) is 5.76 Å². The van der Waals surface area contributed by atoms with Crippen LogP contribution in [0.25, 0.3) is 0 Å². The average molecular weight is 449 g/mol. The van der Waals surface area contributed by atoms with Crippen LogP contribution in [0.5, 0.6) is 0 Å². The molecule has 3 aromatic rings. The minimum Gasteiger partial charge on any atom is -0.442 e.